The molecule has 70 valence electrons. The van der Waals surface area contributed by atoms with Gasteiger partial charge in [-0.25, -0.2) is 4.98 Å². The molecule has 0 unspecified atom stereocenters. The summed E-state index contributed by atoms with van der Waals surface area (Å²) in [4.78, 5) is 15.1. The summed E-state index contributed by atoms with van der Waals surface area (Å²) in [5.74, 6) is -0.185. The summed E-state index contributed by atoms with van der Waals surface area (Å²) in [7, 11) is 0. The Morgan fingerprint density at radius 2 is 2.46 bits per heavy atom. The molecule has 0 saturated carbocycles. The van der Waals surface area contributed by atoms with E-state index in [4.69, 9.17) is 17.3 Å². The summed E-state index contributed by atoms with van der Waals surface area (Å²) in [6.07, 6.45) is 1.49. The highest BCUT2D eigenvalue weighted by Crippen LogP contribution is 2.06. The molecule has 0 radical (unpaired) electrons. The molecule has 1 aromatic rings. The van der Waals surface area contributed by atoms with Crippen molar-refractivity contribution in [3.63, 3.8) is 0 Å². The minimum Gasteiger partial charge on any atom is -0.351 e. The normalized spacial score (nSPS) is 9.69. The Labute approximate surface area is 81.1 Å². The lowest BCUT2D eigenvalue weighted by molar-refractivity contribution is 0.0954. The average Bonchev–Trinajstić information content (AvgIpc) is 2.14. The van der Waals surface area contributed by atoms with Crippen LogP contribution in [0, 0.1) is 0 Å². The molecule has 0 aliphatic heterocycles. The van der Waals surface area contributed by atoms with Gasteiger partial charge < -0.3 is 11.1 Å². The maximum atomic E-state index is 11.3. The topological polar surface area (TPSA) is 68.0 Å². The standard InChI is InChI=1S/C8H10ClN3O/c9-7-5-6(1-3-11-7)8(13)12-4-2-10/h1,3,5H,2,4,10H2,(H,12,13). The molecule has 0 fully saturated rings. The van der Waals surface area contributed by atoms with Gasteiger partial charge in [-0.15, -0.1) is 0 Å². The van der Waals surface area contributed by atoms with Crippen molar-refractivity contribution < 1.29 is 4.79 Å². The first kappa shape index (κ1) is 9.95. The van der Waals surface area contributed by atoms with Crippen LogP contribution in [0.5, 0.6) is 0 Å². The van der Waals surface area contributed by atoms with E-state index in [1.807, 2.05) is 0 Å². The van der Waals surface area contributed by atoms with Crippen LogP contribution in [0.3, 0.4) is 0 Å². The van der Waals surface area contributed by atoms with E-state index in [0.29, 0.717) is 23.8 Å². The highest BCUT2D eigenvalue weighted by molar-refractivity contribution is 6.29. The minimum atomic E-state index is -0.185. The highest BCUT2D eigenvalue weighted by Gasteiger charge is 2.04. The second-order valence-corrected chi connectivity index (χ2v) is 2.80. The van der Waals surface area contributed by atoms with E-state index >= 15 is 0 Å². The van der Waals surface area contributed by atoms with Gasteiger partial charge in [-0.1, -0.05) is 11.6 Å². The van der Waals surface area contributed by atoms with Crippen molar-refractivity contribution in [2.75, 3.05) is 13.1 Å². The number of hydrogen-bond acceptors (Lipinski definition) is 3. The SMILES string of the molecule is NCCNC(=O)c1ccnc(Cl)c1. The molecule has 0 bridgehead atoms. The third kappa shape index (κ3) is 3.01. The summed E-state index contributed by atoms with van der Waals surface area (Å²) in [6, 6.07) is 3.10. The number of aromatic nitrogens is 1. The Kier molecular flexibility index (Phi) is 3.67. The smallest absolute Gasteiger partial charge is 0.251 e. The van der Waals surface area contributed by atoms with Crippen LogP contribution < -0.4 is 11.1 Å². The van der Waals surface area contributed by atoms with Gasteiger partial charge in [0.05, 0.1) is 0 Å². The number of pyridine rings is 1. The van der Waals surface area contributed by atoms with Crippen LogP contribution in [0.25, 0.3) is 0 Å². The van der Waals surface area contributed by atoms with Crippen molar-refractivity contribution in [3.8, 4) is 0 Å². The van der Waals surface area contributed by atoms with Crippen LogP contribution in [0.4, 0.5) is 0 Å². The molecule has 0 aromatic carbocycles. The average molecular weight is 200 g/mol. The van der Waals surface area contributed by atoms with Crippen molar-refractivity contribution in [1.29, 1.82) is 0 Å². The van der Waals surface area contributed by atoms with Crippen molar-refractivity contribution in [2.45, 2.75) is 0 Å². The molecule has 5 heteroatoms. The molecule has 0 aliphatic carbocycles. The first-order valence-electron chi connectivity index (χ1n) is 3.84. The predicted molar refractivity (Wildman–Crippen MR) is 50.6 cm³/mol. The summed E-state index contributed by atoms with van der Waals surface area (Å²) in [5.41, 5.74) is 5.73. The molecule has 1 amide bonds. The minimum absolute atomic E-state index is 0.185. The van der Waals surface area contributed by atoms with Gasteiger partial charge in [-0.3, -0.25) is 4.79 Å². The predicted octanol–water partition coefficient (Wildman–Crippen LogP) is 0.424. The number of carbonyl (C=O) groups is 1. The lowest BCUT2D eigenvalue weighted by atomic mass is 10.2. The molecule has 0 aliphatic rings. The van der Waals surface area contributed by atoms with Crippen LogP contribution in [0.1, 0.15) is 10.4 Å². The summed E-state index contributed by atoms with van der Waals surface area (Å²) < 4.78 is 0. The van der Waals surface area contributed by atoms with Crippen molar-refractivity contribution in [1.82, 2.24) is 10.3 Å². The van der Waals surface area contributed by atoms with Gasteiger partial charge in [0.2, 0.25) is 0 Å². The number of halogens is 1. The first-order valence-corrected chi connectivity index (χ1v) is 4.21. The number of nitrogens with two attached hydrogens (primary N) is 1. The van der Waals surface area contributed by atoms with E-state index in [2.05, 4.69) is 10.3 Å². The van der Waals surface area contributed by atoms with Crippen LogP contribution in [-0.4, -0.2) is 24.0 Å². The highest BCUT2D eigenvalue weighted by atomic mass is 35.5. The van der Waals surface area contributed by atoms with E-state index in [1.165, 1.54) is 12.3 Å². The molecule has 0 spiro atoms. The van der Waals surface area contributed by atoms with Crippen molar-refractivity contribution in [2.24, 2.45) is 5.73 Å². The molecule has 1 heterocycles. The molecule has 3 N–H and O–H groups in total. The molecular weight excluding hydrogens is 190 g/mol. The quantitative estimate of drug-likeness (QED) is 0.694. The van der Waals surface area contributed by atoms with E-state index in [-0.39, 0.29) is 5.91 Å². The van der Waals surface area contributed by atoms with Gasteiger partial charge in [-0.2, -0.15) is 0 Å². The van der Waals surface area contributed by atoms with Crippen LogP contribution >= 0.6 is 11.6 Å². The number of hydrogen-bond donors (Lipinski definition) is 2. The summed E-state index contributed by atoms with van der Waals surface area (Å²) >= 11 is 5.61. The molecule has 0 saturated heterocycles. The fourth-order valence-corrected chi connectivity index (χ4v) is 1.01. The Hall–Kier alpha value is -1.13. The van der Waals surface area contributed by atoms with Crippen molar-refractivity contribution in [3.05, 3.63) is 29.0 Å². The van der Waals surface area contributed by atoms with Crippen LogP contribution in [0.2, 0.25) is 5.15 Å². The molecule has 1 aromatic heterocycles. The third-order valence-electron chi connectivity index (χ3n) is 1.42. The van der Waals surface area contributed by atoms with E-state index in [0.717, 1.165) is 0 Å². The lowest BCUT2D eigenvalue weighted by Gasteiger charge is -2.02. The second-order valence-electron chi connectivity index (χ2n) is 2.41. The third-order valence-corrected chi connectivity index (χ3v) is 1.63. The zero-order chi connectivity index (χ0) is 9.68. The van der Waals surface area contributed by atoms with Crippen molar-refractivity contribution >= 4 is 17.5 Å². The second kappa shape index (κ2) is 4.79. The molecule has 4 nitrogen and oxygen atoms in total. The number of amides is 1. The van der Waals surface area contributed by atoms with E-state index in [1.54, 1.807) is 6.07 Å². The monoisotopic (exact) mass is 199 g/mol. The number of nitrogens with one attached hydrogen (secondary N) is 1. The maximum Gasteiger partial charge on any atom is 0.251 e. The lowest BCUT2D eigenvalue weighted by Crippen LogP contribution is -2.28. The number of nitrogens with zero attached hydrogens (tertiary/aromatic N) is 1. The number of carbonyl (C=O) groups excluding carboxylic acids is 1. The Morgan fingerprint density at radius 3 is 3.08 bits per heavy atom. The van der Waals surface area contributed by atoms with E-state index in [9.17, 15) is 4.79 Å². The Morgan fingerprint density at radius 1 is 1.69 bits per heavy atom. The van der Waals surface area contributed by atoms with Gasteiger partial charge >= 0.3 is 0 Å². The van der Waals surface area contributed by atoms with Gasteiger partial charge in [-0.05, 0) is 12.1 Å². The van der Waals surface area contributed by atoms with Gasteiger partial charge in [0.15, 0.2) is 0 Å². The number of rotatable bonds is 3. The van der Waals surface area contributed by atoms with Gasteiger partial charge in [0, 0.05) is 24.8 Å². The first-order chi connectivity index (χ1) is 6.24. The van der Waals surface area contributed by atoms with E-state index < -0.39 is 0 Å². The summed E-state index contributed by atoms with van der Waals surface area (Å²) in [6.45, 7) is 0.878. The fourth-order valence-electron chi connectivity index (χ4n) is 0.831. The summed E-state index contributed by atoms with van der Waals surface area (Å²) in [5, 5.41) is 2.93. The fraction of sp³-hybridized carbons (Fsp3) is 0.250. The Bertz CT molecular complexity index is 303. The molecule has 0 atom stereocenters. The van der Waals surface area contributed by atoms with Gasteiger partial charge in [0.25, 0.3) is 5.91 Å². The largest absolute Gasteiger partial charge is 0.351 e. The Balaban J connectivity index is 2.66. The maximum absolute atomic E-state index is 11.3. The molecule has 13 heavy (non-hydrogen) atoms. The van der Waals surface area contributed by atoms with Crippen LogP contribution in [0.15, 0.2) is 18.3 Å². The zero-order valence-corrected chi connectivity index (χ0v) is 7.71. The van der Waals surface area contributed by atoms with Crippen LogP contribution in [-0.2, 0) is 0 Å². The molecule has 1 rings (SSSR count). The molecular formula is C8H10ClN3O. The van der Waals surface area contributed by atoms with Gasteiger partial charge in [0.1, 0.15) is 5.15 Å². The zero-order valence-electron chi connectivity index (χ0n) is 6.96.